The molecule has 1 amide bonds. The highest BCUT2D eigenvalue weighted by Gasteiger charge is 2.07. The fraction of sp³-hybridized carbons (Fsp3) is 0.0588. The monoisotopic (exact) mass is 299 g/mol. The van der Waals surface area contributed by atoms with Gasteiger partial charge in [-0.25, -0.2) is 0 Å². The first-order valence-electron chi connectivity index (χ1n) is 6.41. The highest BCUT2D eigenvalue weighted by Crippen LogP contribution is 2.16. The van der Waals surface area contributed by atoms with Gasteiger partial charge in [0.05, 0.1) is 5.69 Å². The van der Waals surface area contributed by atoms with E-state index in [0.717, 1.165) is 5.56 Å². The Hall–Kier alpha value is -2.39. The lowest BCUT2D eigenvalue weighted by Crippen LogP contribution is -2.11. The summed E-state index contributed by atoms with van der Waals surface area (Å²) in [5.41, 5.74) is 1.82. The molecule has 106 valence electrons. The molecule has 2 rings (SSSR count). The summed E-state index contributed by atoms with van der Waals surface area (Å²) in [6, 6.07) is 14.1. The van der Waals surface area contributed by atoms with Crippen LogP contribution >= 0.6 is 11.6 Å². The number of para-hydroxylation sites is 1. The zero-order chi connectivity index (χ0) is 15.2. The van der Waals surface area contributed by atoms with Crippen molar-refractivity contribution >= 4 is 35.1 Å². The fourth-order valence-electron chi connectivity index (χ4n) is 1.86. The SMILES string of the molecule is CC(=O)c1ccccc1NC(=O)/C=C/c1cccc(Cl)c1. The van der Waals surface area contributed by atoms with Crippen LogP contribution in [0.5, 0.6) is 0 Å². The summed E-state index contributed by atoms with van der Waals surface area (Å²) in [5, 5.41) is 3.31. The summed E-state index contributed by atoms with van der Waals surface area (Å²) in [6.07, 6.45) is 3.07. The van der Waals surface area contributed by atoms with Crippen molar-refractivity contribution in [3.63, 3.8) is 0 Å². The van der Waals surface area contributed by atoms with Crippen LogP contribution in [-0.2, 0) is 4.79 Å². The van der Waals surface area contributed by atoms with Gasteiger partial charge < -0.3 is 5.32 Å². The van der Waals surface area contributed by atoms with Crippen molar-refractivity contribution < 1.29 is 9.59 Å². The number of anilines is 1. The van der Waals surface area contributed by atoms with Crippen LogP contribution in [0.2, 0.25) is 5.02 Å². The number of rotatable bonds is 4. The second-order valence-electron chi connectivity index (χ2n) is 4.48. The van der Waals surface area contributed by atoms with Gasteiger partial charge in [0.25, 0.3) is 0 Å². The third-order valence-electron chi connectivity index (χ3n) is 2.84. The summed E-state index contributed by atoms with van der Waals surface area (Å²) in [4.78, 5) is 23.4. The number of nitrogens with one attached hydrogen (secondary N) is 1. The van der Waals surface area contributed by atoms with Crippen molar-refractivity contribution in [2.45, 2.75) is 6.92 Å². The van der Waals surface area contributed by atoms with E-state index in [4.69, 9.17) is 11.6 Å². The maximum Gasteiger partial charge on any atom is 0.248 e. The summed E-state index contributed by atoms with van der Waals surface area (Å²) >= 11 is 5.87. The molecule has 0 aromatic heterocycles. The molecule has 1 N–H and O–H groups in total. The van der Waals surface area contributed by atoms with Gasteiger partial charge >= 0.3 is 0 Å². The second-order valence-corrected chi connectivity index (χ2v) is 4.92. The van der Waals surface area contributed by atoms with Crippen molar-refractivity contribution in [1.82, 2.24) is 0 Å². The molecule has 0 radical (unpaired) electrons. The van der Waals surface area contributed by atoms with Gasteiger partial charge in [-0.2, -0.15) is 0 Å². The maximum absolute atomic E-state index is 11.9. The number of amides is 1. The summed E-state index contributed by atoms with van der Waals surface area (Å²) in [7, 11) is 0. The van der Waals surface area contributed by atoms with Gasteiger partial charge in [0.15, 0.2) is 5.78 Å². The molecule has 0 saturated carbocycles. The lowest BCUT2D eigenvalue weighted by atomic mass is 10.1. The number of carbonyl (C=O) groups is 2. The molecule has 0 bridgehead atoms. The van der Waals surface area contributed by atoms with Gasteiger partial charge in [0.2, 0.25) is 5.91 Å². The van der Waals surface area contributed by atoms with E-state index in [-0.39, 0.29) is 11.7 Å². The highest BCUT2D eigenvalue weighted by atomic mass is 35.5. The van der Waals surface area contributed by atoms with Crippen LogP contribution in [0, 0.1) is 0 Å². The molecule has 2 aromatic rings. The molecule has 4 heteroatoms. The van der Waals surface area contributed by atoms with Crippen LogP contribution in [-0.4, -0.2) is 11.7 Å². The van der Waals surface area contributed by atoms with Crippen molar-refractivity contribution in [3.05, 3.63) is 70.8 Å². The van der Waals surface area contributed by atoms with Gasteiger partial charge in [-0.15, -0.1) is 0 Å². The summed E-state index contributed by atoms with van der Waals surface area (Å²) in [5.74, 6) is -0.395. The molecule has 0 spiro atoms. The maximum atomic E-state index is 11.9. The Morgan fingerprint density at radius 1 is 1.10 bits per heavy atom. The molecule has 0 saturated heterocycles. The van der Waals surface area contributed by atoms with Crippen LogP contribution in [0.25, 0.3) is 6.08 Å². The number of hydrogen-bond donors (Lipinski definition) is 1. The number of halogens is 1. The van der Waals surface area contributed by atoms with E-state index in [1.165, 1.54) is 13.0 Å². The molecule has 2 aromatic carbocycles. The first kappa shape index (κ1) is 15.0. The molecule has 0 fully saturated rings. The Kier molecular flexibility index (Phi) is 4.90. The predicted octanol–water partition coefficient (Wildman–Crippen LogP) is 4.19. The van der Waals surface area contributed by atoms with Crippen LogP contribution < -0.4 is 5.32 Å². The van der Waals surface area contributed by atoms with Crippen molar-refractivity contribution in [3.8, 4) is 0 Å². The minimum absolute atomic E-state index is 0.0929. The number of hydrogen-bond acceptors (Lipinski definition) is 2. The van der Waals surface area contributed by atoms with E-state index < -0.39 is 0 Å². The minimum atomic E-state index is -0.302. The normalized spacial score (nSPS) is 10.6. The molecule has 0 unspecified atom stereocenters. The Labute approximate surface area is 128 Å². The third-order valence-corrected chi connectivity index (χ3v) is 3.08. The average molecular weight is 300 g/mol. The number of Topliss-reactive ketones (excluding diaryl/α,β-unsaturated/α-hetero) is 1. The fourth-order valence-corrected chi connectivity index (χ4v) is 2.05. The van der Waals surface area contributed by atoms with E-state index in [1.807, 2.05) is 12.1 Å². The Morgan fingerprint density at radius 3 is 2.57 bits per heavy atom. The lowest BCUT2D eigenvalue weighted by molar-refractivity contribution is -0.111. The topological polar surface area (TPSA) is 46.2 Å². The van der Waals surface area contributed by atoms with Crippen LogP contribution in [0.3, 0.4) is 0 Å². The van der Waals surface area contributed by atoms with Crippen molar-refractivity contribution in [2.24, 2.45) is 0 Å². The summed E-state index contributed by atoms with van der Waals surface area (Å²) in [6.45, 7) is 1.47. The Morgan fingerprint density at radius 2 is 1.86 bits per heavy atom. The predicted molar refractivity (Wildman–Crippen MR) is 85.6 cm³/mol. The lowest BCUT2D eigenvalue weighted by Gasteiger charge is -2.06. The molecule has 0 atom stereocenters. The smallest absolute Gasteiger partial charge is 0.248 e. The Bertz CT molecular complexity index is 707. The van der Waals surface area contributed by atoms with Crippen molar-refractivity contribution in [2.75, 3.05) is 5.32 Å². The second kappa shape index (κ2) is 6.86. The third kappa shape index (κ3) is 4.29. The van der Waals surface area contributed by atoms with Crippen LogP contribution in [0.1, 0.15) is 22.8 Å². The molecule has 0 heterocycles. The van der Waals surface area contributed by atoms with Crippen molar-refractivity contribution in [1.29, 1.82) is 0 Å². The standard InChI is InChI=1S/C17H14ClNO2/c1-12(20)15-7-2-3-8-16(15)19-17(21)10-9-13-5-4-6-14(18)11-13/h2-11H,1H3,(H,19,21)/b10-9+. The number of carbonyl (C=O) groups excluding carboxylic acids is 2. The molecule has 21 heavy (non-hydrogen) atoms. The zero-order valence-corrected chi connectivity index (χ0v) is 12.2. The van der Waals surface area contributed by atoms with E-state index in [0.29, 0.717) is 16.3 Å². The van der Waals surface area contributed by atoms with Gasteiger partial charge in [-0.1, -0.05) is 35.9 Å². The van der Waals surface area contributed by atoms with E-state index in [1.54, 1.807) is 42.5 Å². The molecular weight excluding hydrogens is 286 g/mol. The van der Waals surface area contributed by atoms with Gasteiger partial charge in [-0.05, 0) is 42.8 Å². The molecule has 0 aliphatic rings. The Balaban J connectivity index is 2.10. The van der Waals surface area contributed by atoms with Gasteiger partial charge in [-0.3, -0.25) is 9.59 Å². The minimum Gasteiger partial charge on any atom is -0.322 e. The first-order chi connectivity index (χ1) is 10.1. The first-order valence-corrected chi connectivity index (χ1v) is 6.78. The largest absolute Gasteiger partial charge is 0.322 e. The number of benzene rings is 2. The van der Waals surface area contributed by atoms with Gasteiger partial charge in [0, 0.05) is 16.7 Å². The highest BCUT2D eigenvalue weighted by molar-refractivity contribution is 6.30. The molecule has 0 aliphatic carbocycles. The summed E-state index contributed by atoms with van der Waals surface area (Å²) < 4.78 is 0. The van der Waals surface area contributed by atoms with E-state index in [2.05, 4.69) is 5.32 Å². The molecular formula is C17H14ClNO2. The molecule has 3 nitrogen and oxygen atoms in total. The molecule has 0 aliphatic heterocycles. The van der Waals surface area contributed by atoms with E-state index in [9.17, 15) is 9.59 Å². The zero-order valence-electron chi connectivity index (χ0n) is 11.5. The van der Waals surface area contributed by atoms with Gasteiger partial charge in [0.1, 0.15) is 0 Å². The van der Waals surface area contributed by atoms with Crippen LogP contribution in [0.15, 0.2) is 54.6 Å². The quantitative estimate of drug-likeness (QED) is 0.679. The van der Waals surface area contributed by atoms with E-state index >= 15 is 0 Å². The number of ketones is 1. The average Bonchev–Trinajstić information content (AvgIpc) is 2.45. The van der Waals surface area contributed by atoms with Crippen LogP contribution in [0.4, 0.5) is 5.69 Å².